The molecule has 0 bridgehead atoms. The summed E-state index contributed by atoms with van der Waals surface area (Å²) in [5.41, 5.74) is 6.50. The fourth-order valence-electron chi connectivity index (χ4n) is 3.10. The van der Waals surface area contributed by atoms with E-state index in [1.54, 1.807) is 24.3 Å². The van der Waals surface area contributed by atoms with E-state index in [1.165, 1.54) is 18.2 Å². The van der Waals surface area contributed by atoms with Crippen LogP contribution >= 0.6 is 0 Å². The lowest BCUT2D eigenvalue weighted by atomic mass is 9.99. The number of carbonyl (C=O) groups is 2. The van der Waals surface area contributed by atoms with Crippen LogP contribution in [0.3, 0.4) is 0 Å². The van der Waals surface area contributed by atoms with Crippen LogP contribution in [0.2, 0.25) is 0 Å². The first kappa shape index (κ1) is 21.1. The van der Waals surface area contributed by atoms with Crippen molar-refractivity contribution < 1.29 is 22.8 Å². The highest BCUT2D eigenvalue weighted by molar-refractivity contribution is 5.97. The number of primary amides is 1. The van der Waals surface area contributed by atoms with Crippen LogP contribution in [-0.2, 0) is 17.4 Å². The number of halogens is 3. The summed E-state index contributed by atoms with van der Waals surface area (Å²) >= 11 is 0. The summed E-state index contributed by atoms with van der Waals surface area (Å²) in [4.78, 5) is 24.3. The first-order valence-corrected chi connectivity index (χ1v) is 9.16. The van der Waals surface area contributed by atoms with Gasteiger partial charge >= 0.3 is 6.18 Å². The smallest absolute Gasteiger partial charge is 0.368 e. The maximum Gasteiger partial charge on any atom is 0.416 e. The molecule has 0 saturated carbocycles. The zero-order valence-electron chi connectivity index (χ0n) is 15.8. The first-order chi connectivity index (χ1) is 14.3. The molecule has 0 radical (unpaired) electrons. The molecular formula is C23H19F3N2O2. The molecule has 2 amide bonds. The highest BCUT2D eigenvalue weighted by Crippen LogP contribution is 2.32. The molecule has 0 unspecified atom stereocenters. The Bertz CT molecular complexity index is 1030. The summed E-state index contributed by atoms with van der Waals surface area (Å²) in [5, 5.41) is 2.44. The van der Waals surface area contributed by atoms with Crippen molar-refractivity contribution in [1.29, 1.82) is 0 Å². The lowest BCUT2D eigenvalue weighted by Gasteiger charge is -2.19. The van der Waals surface area contributed by atoms with E-state index in [0.717, 1.165) is 17.2 Å². The second-order valence-corrected chi connectivity index (χ2v) is 6.73. The summed E-state index contributed by atoms with van der Waals surface area (Å²) in [6.45, 7) is 0. The molecule has 0 spiro atoms. The van der Waals surface area contributed by atoms with Gasteiger partial charge in [-0.3, -0.25) is 9.59 Å². The van der Waals surface area contributed by atoms with Crippen molar-refractivity contribution in [2.24, 2.45) is 5.73 Å². The normalized spacial score (nSPS) is 12.2. The van der Waals surface area contributed by atoms with Crippen molar-refractivity contribution in [3.63, 3.8) is 0 Å². The molecule has 30 heavy (non-hydrogen) atoms. The quantitative estimate of drug-likeness (QED) is 0.637. The zero-order valence-corrected chi connectivity index (χ0v) is 15.8. The van der Waals surface area contributed by atoms with Crippen molar-refractivity contribution in [3.05, 3.63) is 95.6 Å². The zero-order chi connectivity index (χ0) is 21.7. The molecule has 0 aliphatic rings. The van der Waals surface area contributed by atoms with Crippen molar-refractivity contribution in [2.75, 3.05) is 0 Å². The summed E-state index contributed by atoms with van der Waals surface area (Å²) < 4.78 is 39.6. The predicted octanol–water partition coefficient (Wildman–Crippen LogP) is 4.20. The third kappa shape index (κ3) is 5.05. The highest BCUT2D eigenvalue weighted by atomic mass is 19.4. The van der Waals surface area contributed by atoms with E-state index in [9.17, 15) is 22.8 Å². The molecular weight excluding hydrogens is 393 g/mol. The minimum absolute atomic E-state index is 0.117. The second-order valence-electron chi connectivity index (χ2n) is 6.73. The lowest BCUT2D eigenvalue weighted by molar-refractivity contribution is -0.138. The van der Waals surface area contributed by atoms with Gasteiger partial charge < -0.3 is 11.1 Å². The van der Waals surface area contributed by atoms with Gasteiger partial charge in [-0.25, -0.2) is 0 Å². The predicted molar refractivity (Wildman–Crippen MR) is 107 cm³/mol. The van der Waals surface area contributed by atoms with Crippen LogP contribution < -0.4 is 11.1 Å². The SMILES string of the molecule is NC(=O)[C@H](Cc1ccccc1C(F)(F)F)NC(=O)c1ccc(-c2ccccc2)cc1. The molecule has 3 N–H and O–H groups in total. The Balaban J connectivity index is 1.76. The monoisotopic (exact) mass is 412 g/mol. The Morgan fingerprint density at radius 2 is 1.40 bits per heavy atom. The number of alkyl halides is 3. The van der Waals surface area contributed by atoms with Crippen LogP contribution in [-0.4, -0.2) is 17.9 Å². The van der Waals surface area contributed by atoms with E-state index in [2.05, 4.69) is 5.32 Å². The Hall–Kier alpha value is -3.61. The third-order valence-corrected chi connectivity index (χ3v) is 4.65. The van der Waals surface area contributed by atoms with E-state index < -0.39 is 29.6 Å². The molecule has 0 fully saturated rings. The average Bonchev–Trinajstić information content (AvgIpc) is 2.73. The van der Waals surface area contributed by atoms with Gasteiger partial charge in [-0.15, -0.1) is 0 Å². The standard InChI is InChI=1S/C23H19F3N2O2/c24-23(25,26)19-9-5-4-8-18(19)14-20(21(27)29)28-22(30)17-12-10-16(11-13-17)15-6-2-1-3-7-15/h1-13,20H,14H2,(H2,27,29)(H,28,30)/t20-/m0/s1. The van der Waals surface area contributed by atoms with E-state index >= 15 is 0 Å². The molecule has 154 valence electrons. The van der Waals surface area contributed by atoms with Gasteiger partial charge in [0.15, 0.2) is 0 Å². The molecule has 1 atom stereocenters. The number of carbonyl (C=O) groups excluding carboxylic acids is 2. The molecule has 3 rings (SSSR count). The van der Waals surface area contributed by atoms with E-state index in [-0.39, 0.29) is 17.5 Å². The maximum absolute atomic E-state index is 13.2. The molecule has 4 nitrogen and oxygen atoms in total. The Morgan fingerprint density at radius 3 is 2.00 bits per heavy atom. The Labute approximate surface area is 171 Å². The molecule has 3 aromatic carbocycles. The van der Waals surface area contributed by atoms with Crippen LogP contribution in [0.5, 0.6) is 0 Å². The molecule has 3 aromatic rings. The van der Waals surface area contributed by atoms with Crippen molar-refractivity contribution in [1.82, 2.24) is 5.32 Å². The van der Waals surface area contributed by atoms with Crippen LogP contribution in [0, 0.1) is 0 Å². The number of hydrogen-bond donors (Lipinski definition) is 2. The highest BCUT2D eigenvalue weighted by Gasteiger charge is 2.34. The number of hydrogen-bond acceptors (Lipinski definition) is 2. The molecule has 0 aliphatic heterocycles. The molecule has 0 aliphatic carbocycles. The second kappa shape index (κ2) is 8.82. The number of rotatable bonds is 6. The van der Waals surface area contributed by atoms with Gasteiger partial charge in [-0.1, -0.05) is 60.7 Å². The summed E-state index contributed by atoms with van der Waals surface area (Å²) in [5.74, 6) is -1.51. The van der Waals surface area contributed by atoms with Crippen molar-refractivity contribution in [3.8, 4) is 11.1 Å². The summed E-state index contributed by atoms with van der Waals surface area (Å²) in [6.07, 6.45) is -4.94. The van der Waals surface area contributed by atoms with Crippen molar-refractivity contribution in [2.45, 2.75) is 18.6 Å². The minimum atomic E-state index is -4.57. The number of nitrogens with two attached hydrogens (primary N) is 1. The molecule has 0 aromatic heterocycles. The number of nitrogens with one attached hydrogen (secondary N) is 1. The van der Waals surface area contributed by atoms with Gasteiger partial charge in [-0.2, -0.15) is 13.2 Å². The summed E-state index contributed by atoms with van der Waals surface area (Å²) in [7, 11) is 0. The largest absolute Gasteiger partial charge is 0.416 e. The van der Waals surface area contributed by atoms with Gasteiger partial charge in [0, 0.05) is 12.0 Å². The van der Waals surface area contributed by atoms with Gasteiger partial charge in [0.25, 0.3) is 5.91 Å². The topological polar surface area (TPSA) is 72.2 Å². The van der Waals surface area contributed by atoms with Crippen LogP contribution in [0.4, 0.5) is 13.2 Å². The van der Waals surface area contributed by atoms with Crippen LogP contribution in [0.1, 0.15) is 21.5 Å². The fourth-order valence-corrected chi connectivity index (χ4v) is 3.10. The van der Waals surface area contributed by atoms with E-state index in [1.807, 2.05) is 30.3 Å². The first-order valence-electron chi connectivity index (χ1n) is 9.16. The Morgan fingerprint density at radius 1 is 0.833 bits per heavy atom. The lowest BCUT2D eigenvalue weighted by Crippen LogP contribution is -2.46. The van der Waals surface area contributed by atoms with Gasteiger partial charge in [0.05, 0.1) is 5.56 Å². The van der Waals surface area contributed by atoms with Gasteiger partial charge in [-0.05, 0) is 34.9 Å². The Kier molecular flexibility index (Phi) is 6.20. The van der Waals surface area contributed by atoms with E-state index in [0.29, 0.717) is 0 Å². The third-order valence-electron chi connectivity index (χ3n) is 4.65. The van der Waals surface area contributed by atoms with Gasteiger partial charge in [0.2, 0.25) is 5.91 Å². The molecule has 0 heterocycles. The average molecular weight is 412 g/mol. The number of benzene rings is 3. The molecule has 7 heteroatoms. The maximum atomic E-state index is 13.2. The van der Waals surface area contributed by atoms with Crippen LogP contribution in [0.25, 0.3) is 11.1 Å². The minimum Gasteiger partial charge on any atom is -0.368 e. The van der Waals surface area contributed by atoms with Crippen molar-refractivity contribution >= 4 is 11.8 Å². The number of amides is 2. The fraction of sp³-hybridized carbons (Fsp3) is 0.130. The van der Waals surface area contributed by atoms with Crippen LogP contribution in [0.15, 0.2) is 78.9 Å². The molecule has 0 saturated heterocycles. The van der Waals surface area contributed by atoms with Gasteiger partial charge in [0.1, 0.15) is 6.04 Å². The van der Waals surface area contributed by atoms with E-state index in [4.69, 9.17) is 5.73 Å². The summed E-state index contributed by atoms with van der Waals surface area (Å²) in [6, 6.07) is 19.8.